The third-order valence-corrected chi connectivity index (χ3v) is 6.67. The third-order valence-electron chi connectivity index (χ3n) is 6.14. The number of hydrogen-bond donors (Lipinski definition) is 0. The molecule has 0 N–H and O–H groups in total. The molecule has 4 atom stereocenters. The number of imide groups is 1. The molecule has 2 aliphatic carbocycles. The zero-order valence-corrected chi connectivity index (χ0v) is 15.9. The summed E-state index contributed by atoms with van der Waals surface area (Å²) in [5, 5.41) is 0.952. The van der Waals surface area contributed by atoms with Crippen molar-refractivity contribution in [2.75, 3.05) is 4.90 Å². The first-order chi connectivity index (χ1) is 13.0. The number of hydrogen-bond acceptors (Lipinski definition) is 3. The quantitative estimate of drug-likeness (QED) is 0.653. The Labute approximate surface area is 167 Å². The summed E-state index contributed by atoms with van der Waals surface area (Å²) in [6.07, 6.45) is 3.19. The fourth-order valence-corrected chi connectivity index (χ4v) is 5.46. The van der Waals surface area contributed by atoms with E-state index in [2.05, 4.69) is 0 Å². The number of halogens is 2. The summed E-state index contributed by atoms with van der Waals surface area (Å²) >= 11 is 12.0. The van der Waals surface area contributed by atoms with Crippen molar-refractivity contribution in [3.63, 3.8) is 0 Å². The van der Waals surface area contributed by atoms with Gasteiger partial charge in [0.25, 0.3) is 0 Å². The summed E-state index contributed by atoms with van der Waals surface area (Å²) in [4.78, 5) is 27.1. The molecule has 2 saturated carbocycles. The van der Waals surface area contributed by atoms with Crippen LogP contribution in [-0.2, 0) is 9.59 Å². The largest absolute Gasteiger partial charge is 0.456 e. The standard InChI is InChI=1S/C21H17Cl2NO3/c22-13-3-8-17(16(23)10-13)27-15-6-4-14(5-7-15)24-20(25)18-11-1-2-12(9-11)19(18)21(24)26/h3-8,10-12,18-19H,1-2,9H2/t11-,12+,18+,19-. The Bertz CT molecular complexity index is 915. The van der Waals surface area contributed by atoms with Crippen LogP contribution in [-0.4, -0.2) is 11.8 Å². The molecule has 0 aromatic heterocycles. The van der Waals surface area contributed by atoms with Crippen molar-refractivity contribution in [1.29, 1.82) is 0 Å². The molecule has 5 rings (SSSR count). The van der Waals surface area contributed by atoms with E-state index in [-0.39, 0.29) is 23.7 Å². The van der Waals surface area contributed by atoms with Crippen LogP contribution < -0.4 is 9.64 Å². The van der Waals surface area contributed by atoms with Gasteiger partial charge in [-0.05, 0) is 73.6 Å². The molecule has 2 bridgehead atoms. The zero-order valence-electron chi connectivity index (χ0n) is 14.4. The van der Waals surface area contributed by atoms with Gasteiger partial charge in [-0.25, -0.2) is 0 Å². The molecule has 2 aromatic carbocycles. The van der Waals surface area contributed by atoms with Crippen molar-refractivity contribution < 1.29 is 14.3 Å². The summed E-state index contributed by atoms with van der Waals surface area (Å²) in [5.74, 6) is 1.54. The van der Waals surface area contributed by atoms with Crippen LogP contribution in [0.2, 0.25) is 10.0 Å². The van der Waals surface area contributed by atoms with Crippen LogP contribution in [0, 0.1) is 23.7 Å². The maximum Gasteiger partial charge on any atom is 0.237 e. The number of carbonyl (C=O) groups excluding carboxylic acids is 2. The van der Waals surface area contributed by atoms with Crippen molar-refractivity contribution in [3.8, 4) is 11.5 Å². The van der Waals surface area contributed by atoms with Crippen molar-refractivity contribution in [2.24, 2.45) is 23.7 Å². The van der Waals surface area contributed by atoms with Gasteiger partial charge in [0.1, 0.15) is 11.5 Å². The first-order valence-corrected chi connectivity index (χ1v) is 9.89. The molecule has 6 heteroatoms. The van der Waals surface area contributed by atoms with Crippen molar-refractivity contribution in [2.45, 2.75) is 19.3 Å². The molecule has 2 amide bonds. The van der Waals surface area contributed by atoms with Crippen LogP contribution in [0.25, 0.3) is 0 Å². The summed E-state index contributed by atoms with van der Waals surface area (Å²) in [6.45, 7) is 0. The predicted molar refractivity (Wildman–Crippen MR) is 103 cm³/mol. The Balaban J connectivity index is 1.38. The van der Waals surface area contributed by atoms with Crippen molar-refractivity contribution in [3.05, 3.63) is 52.5 Å². The Morgan fingerprint density at radius 3 is 2.11 bits per heavy atom. The Kier molecular flexibility index (Phi) is 3.95. The molecule has 1 saturated heterocycles. The normalized spacial score (nSPS) is 28.7. The smallest absolute Gasteiger partial charge is 0.237 e. The fourth-order valence-electron chi connectivity index (χ4n) is 5.01. The summed E-state index contributed by atoms with van der Waals surface area (Å²) in [7, 11) is 0. The Morgan fingerprint density at radius 2 is 1.52 bits per heavy atom. The van der Waals surface area contributed by atoms with Crippen molar-refractivity contribution in [1.82, 2.24) is 0 Å². The highest BCUT2D eigenvalue weighted by atomic mass is 35.5. The molecule has 0 spiro atoms. The summed E-state index contributed by atoms with van der Waals surface area (Å²) < 4.78 is 5.78. The van der Waals surface area contributed by atoms with Crippen LogP contribution in [0.1, 0.15) is 19.3 Å². The predicted octanol–water partition coefficient (Wildman–Crippen LogP) is 5.32. The lowest BCUT2D eigenvalue weighted by Gasteiger charge is -2.19. The SMILES string of the molecule is O=C1[C@@H]2[C@H]3CC[C@H](C3)[C@@H]2C(=O)N1c1ccc(Oc2ccc(Cl)cc2Cl)cc1. The van der Waals surface area contributed by atoms with Gasteiger partial charge in [0.15, 0.2) is 0 Å². The topological polar surface area (TPSA) is 46.6 Å². The molecule has 0 radical (unpaired) electrons. The van der Waals surface area contributed by atoms with Gasteiger partial charge in [-0.15, -0.1) is 0 Å². The number of rotatable bonds is 3. The van der Waals surface area contributed by atoms with Gasteiger partial charge < -0.3 is 4.74 Å². The van der Waals surface area contributed by atoms with Gasteiger partial charge in [-0.2, -0.15) is 0 Å². The Morgan fingerprint density at radius 1 is 0.889 bits per heavy atom. The van der Waals surface area contributed by atoms with Crippen LogP contribution in [0.3, 0.4) is 0 Å². The van der Waals surface area contributed by atoms with Crippen LogP contribution in [0.4, 0.5) is 5.69 Å². The minimum Gasteiger partial charge on any atom is -0.456 e. The highest BCUT2D eigenvalue weighted by Gasteiger charge is 2.61. The number of benzene rings is 2. The van der Waals surface area contributed by atoms with Crippen molar-refractivity contribution >= 4 is 40.7 Å². The highest BCUT2D eigenvalue weighted by Crippen LogP contribution is 2.56. The Hall–Kier alpha value is -2.04. The van der Waals surface area contributed by atoms with Gasteiger partial charge in [-0.1, -0.05) is 23.2 Å². The zero-order chi connectivity index (χ0) is 18.7. The third kappa shape index (κ3) is 2.66. The minimum absolute atomic E-state index is 0.0355. The minimum atomic E-state index is -0.111. The van der Waals surface area contributed by atoms with E-state index in [1.165, 1.54) is 4.90 Å². The monoisotopic (exact) mass is 401 g/mol. The van der Waals surface area contributed by atoms with E-state index in [1.54, 1.807) is 42.5 Å². The van der Waals surface area contributed by atoms with Gasteiger partial charge in [-0.3, -0.25) is 14.5 Å². The molecular formula is C21H17Cl2NO3. The van der Waals surface area contributed by atoms with Gasteiger partial charge in [0.05, 0.1) is 22.5 Å². The van der Waals surface area contributed by atoms with Gasteiger partial charge >= 0.3 is 0 Å². The van der Waals surface area contributed by atoms with Gasteiger partial charge in [0.2, 0.25) is 11.8 Å². The first-order valence-electron chi connectivity index (χ1n) is 9.14. The average molecular weight is 402 g/mol. The van der Waals surface area contributed by atoms with E-state index in [4.69, 9.17) is 27.9 Å². The molecule has 4 nitrogen and oxygen atoms in total. The molecule has 1 heterocycles. The van der Waals surface area contributed by atoms with E-state index >= 15 is 0 Å². The van der Waals surface area contributed by atoms with E-state index in [1.807, 2.05) is 0 Å². The van der Waals surface area contributed by atoms with Crippen LogP contribution in [0.5, 0.6) is 11.5 Å². The lowest BCUT2D eigenvalue weighted by atomic mass is 9.81. The number of amides is 2. The molecule has 138 valence electrons. The van der Waals surface area contributed by atoms with Crippen LogP contribution >= 0.6 is 23.2 Å². The number of anilines is 1. The number of fused-ring (bicyclic) bond motifs is 5. The fraction of sp³-hybridized carbons (Fsp3) is 0.333. The van der Waals surface area contributed by atoms with E-state index < -0.39 is 0 Å². The summed E-state index contributed by atoms with van der Waals surface area (Å²) in [6, 6.07) is 12.0. The molecule has 27 heavy (non-hydrogen) atoms. The lowest BCUT2D eigenvalue weighted by molar-refractivity contribution is -0.123. The van der Waals surface area contributed by atoms with E-state index in [0.717, 1.165) is 19.3 Å². The maximum atomic E-state index is 12.9. The maximum absolute atomic E-state index is 12.9. The second kappa shape index (κ2) is 6.25. The molecule has 1 aliphatic heterocycles. The number of nitrogens with zero attached hydrogens (tertiary/aromatic N) is 1. The summed E-state index contributed by atoms with van der Waals surface area (Å²) in [5.41, 5.74) is 0.605. The number of ether oxygens (including phenoxy) is 1. The lowest BCUT2D eigenvalue weighted by Crippen LogP contribution is -2.32. The highest BCUT2D eigenvalue weighted by molar-refractivity contribution is 6.35. The molecule has 3 aliphatic rings. The van der Waals surface area contributed by atoms with Crippen LogP contribution in [0.15, 0.2) is 42.5 Å². The second-order valence-electron chi connectivity index (χ2n) is 7.57. The molecular weight excluding hydrogens is 385 g/mol. The first kappa shape index (κ1) is 17.1. The molecule has 2 aromatic rings. The average Bonchev–Trinajstić information content (AvgIpc) is 3.32. The molecule has 0 unspecified atom stereocenters. The number of carbonyl (C=O) groups is 2. The van der Waals surface area contributed by atoms with E-state index in [9.17, 15) is 9.59 Å². The van der Waals surface area contributed by atoms with E-state index in [0.29, 0.717) is 39.1 Å². The molecule has 3 fully saturated rings. The second-order valence-corrected chi connectivity index (χ2v) is 8.41. The van der Waals surface area contributed by atoms with Gasteiger partial charge in [0, 0.05) is 5.02 Å².